The van der Waals surface area contributed by atoms with Crippen molar-refractivity contribution in [2.75, 3.05) is 0 Å². The maximum atomic E-state index is 9.29. The molecule has 0 spiro atoms. The summed E-state index contributed by atoms with van der Waals surface area (Å²) in [4.78, 5) is 0. The van der Waals surface area contributed by atoms with Gasteiger partial charge in [0.05, 0.1) is 22.8 Å². The fraction of sp³-hybridized carbons (Fsp3) is 0.571. The van der Waals surface area contributed by atoms with E-state index >= 15 is 0 Å². The van der Waals surface area contributed by atoms with E-state index in [-0.39, 0.29) is 12.1 Å². The van der Waals surface area contributed by atoms with Gasteiger partial charge in [0.1, 0.15) is 0 Å². The lowest BCUT2D eigenvalue weighted by Crippen LogP contribution is -2.33. The maximum Gasteiger partial charge on any atom is 0.0779 e. The molecule has 1 aromatic rings. The molecule has 0 amide bonds. The van der Waals surface area contributed by atoms with Crippen molar-refractivity contribution in [3.05, 3.63) is 16.9 Å². The second-order valence-electron chi connectivity index (χ2n) is 2.85. The van der Waals surface area contributed by atoms with E-state index in [0.717, 1.165) is 17.3 Å². The van der Waals surface area contributed by atoms with Crippen molar-refractivity contribution in [1.82, 2.24) is 9.78 Å². The molecule has 0 saturated heterocycles. The van der Waals surface area contributed by atoms with Crippen LogP contribution in [0, 0.1) is 0 Å². The number of halogens is 1. The second kappa shape index (κ2) is 2.60. The average Bonchev–Trinajstić information content (AvgIpc) is 2.33. The van der Waals surface area contributed by atoms with Crippen LogP contribution in [0.1, 0.15) is 18.9 Å². The molecule has 60 valence electrons. The summed E-state index contributed by atoms with van der Waals surface area (Å²) in [6.07, 6.45) is 5.39. The minimum atomic E-state index is -0.193. The summed E-state index contributed by atoms with van der Waals surface area (Å²) in [6.45, 7) is 0. The van der Waals surface area contributed by atoms with Gasteiger partial charge in [-0.2, -0.15) is 5.10 Å². The van der Waals surface area contributed by atoms with Crippen molar-refractivity contribution in [3.8, 4) is 0 Å². The largest absolute Gasteiger partial charge is 0.391 e. The zero-order valence-electron chi connectivity index (χ0n) is 5.94. The lowest BCUT2D eigenvalue weighted by atomic mass is 9.89. The molecule has 0 radical (unpaired) electrons. The SMILES string of the molecule is O[C@@H]1CCC1n1cc(Br)cn1. The zero-order valence-corrected chi connectivity index (χ0v) is 7.53. The van der Waals surface area contributed by atoms with Crippen LogP contribution in [-0.4, -0.2) is 21.0 Å². The van der Waals surface area contributed by atoms with Gasteiger partial charge >= 0.3 is 0 Å². The third-order valence-corrected chi connectivity index (χ3v) is 2.52. The summed E-state index contributed by atoms with van der Waals surface area (Å²) in [6, 6.07) is 0.210. The van der Waals surface area contributed by atoms with E-state index in [9.17, 15) is 5.11 Å². The third kappa shape index (κ3) is 1.20. The molecule has 4 heteroatoms. The predicted octanol–water partition coefficient (Wildman–Crippen LogP) is 1.34. The Morgan fingerprint density at radius 3 is 2.82 bits per heavy atom. The van der Waals surface area contributed by atoms with E-state index in [1.165, 1.54) is 0 Å². The van der Waals surface area contributed by atoms with Crippen LogP contribution in [0.2, 0.25) is 0 Å². The Kier molecular flexibility index (Phi) is 1.73. The minimum absolute atomic E-state index is 0.193. The quantitative estimate of drug-likeness (QED) is 0.770. The molecule has 1 aliphatic carbocycles. The first-order valence-corrected chi connectivity index (χ1v) is 4.44. The highest BCUT2D eigenvalue weighted by Gasteiger charge is 2.30. The van der Waals surface area contributed by atoms with Crippen LogP contribution >= 0.6 is 15.9 Å². The van der Waals surface area contributed by atoms with Crippen LogP contribution in [0.25, 0.3) is 0 Å². The van der Waals surface area contributed by atoms with Gasteiger partial charge in [-0.1, -0.05) is 0 Å². The molecule has 0 bridgehead atoms. The second-order valence-corrected chi connectivity index (χ2v) is 3.77. The monoisotopic (exact) mass is 216 g/mol. The van der Waals surface area contributed by atoms with Gasteiger partial charge < -0.3 is 5.11 Å². The van der Waals surface area contributed by atoms with Gasteiger partial charge in [-0.3, -0.25) is 4.68 Å². The number of hydrogen-bond donors (Lipinski definition) is 1. The van der Waals surface area contributed by atoms with Crippen LogP contribution in [0.5, 0.6) is 0 Å². The standard InChI is InChI=1S/C7H9BrN2O/c8-5-3-9-10(4-5)6-1-2-7(6)11/h3-4,6-7,11H,1-2H2/t6?,7-/m1/s1. The van der Waals surface area contributed by atoms with Gasteiger partial charge in [-0.05, 0) is 28.8 Å². The first-order chi connectivity index (χ1) is 5.27. The summed E-state index contributed by atoms with van der Waals surface area (Å²) in [5.74, 6) is 0. The highest BCUT2D eigenvalue weighted by Crippen LogP contribution is 2.31. The molecule has 1 heterocycles. The van der Waals surface area contributed by atoms with Gasteiger partial charge in [-0.15, -0.1) is 0 Å². The molecule has 0 aromatic carbocycles. The van der Waals surface area contributed by atoms with E-state index in [1.807, 2.05) is 10.9 Å². The topological polar surface area (TPSA) is 38.0 Å². The smallest absolute Gasteiger partial charge is 0.0779 e. The molecule has 11 heavy (non-hydrogen) atoms. The Labute approximate surface area is 73.2 Å². The van der Waals surface area contributed by atoms with Crippen molar-refractivity contribution in [1.29, 1.82) is 0 Å². The van der Waals surface area contributed by atoms with E-state index < -0.39 is 0 Å². The van der Waals surface area contributed by atoms with Gasteiger partial charge in [0.2, 0.25) is 0 Å². The fourth-order valence-corrected chi connectivity index (χ4v) is 1.57. The molecular weight excluding hydrogens is 208 g/mol. The number of aromatic nitrogens is 2. The Hall–Kier alpha value is -0.350. The molecule has 1 fully saturated rings. The number of hydrogen-bond acceptors (Lipinski definition) is 2. The number of rotatable bonds is 1. The molecule has 1 aliphatic rings. The number of aliphatic hydroxyl groups is 1. The molecule has 1 unspecified atom stereocenters. The van der Waals surface area contributed by atoms with Gasteiger partial charge in [0, 0.05) is 6.20 Å². The van der Waals surface area contributed by atoms with Crippen LogP contribution in [-0.2, 0) is 0 Å². The lowest BCUT2D eigenvalue weighted by molar-refractivity contribution is 0.0253. The molecule has 1 N–H and O–H groups in total. The molecule has 2 rings (SSSR count). The van der Waals surface area contributed by atoms with Crippen LogP contribution < -0.4 is 0 Å². The molecule has 1 saturated carbocycles. The zero-order chi connectivity index (χ0) is 7.84. The van der Waals surface area contributed by atoms with E-state index in [2.05, 4.69) is 21.0 Å². The summed E-state index contributed by atoms with van der Waals surface area (Å²) >= 11 is 3.31. The van der Waals surface area contributed by atoms with Gasteiger partial charge in [0.15, 0.2) is 0 Å². The molecule has 2 atom stereocenters. The summed E-state index contributed by atoms with van der Waals surface area (Å²) in [7, 11) is 0. The first kappa shape index (κ1) is 7.31. The Balaban J connectivity index is 2.16. The van der Waals surface area contributed by atoms with Gasteiger partial charge in [0.25, 0.3) is 0 Å². The predicted molar refractivity (Wildman–Crippen MR) is 44.2 cm³/mol. The van der Waals surface area contributed by atoms with Crippen LogP contribution in [0.15, 0.2) is 16.9 Å². The Morgan fingerprint density at radius 2 is 2.45 bits per heavy atom. The van der Waals surface area contributed by atoms with Gasteiger partial charge in [-0.25, -0.2) is 0 Å². The normalized spacial score (nSPS) is 30.0. The van der Waals surface area contributed by atoms with Crippen molar-refractivity contribution in [3.63, 3.8) is 0 Å². The van der Waals surface area contributed by atoms with Crippen LogP contribution in [0.4, 0.5) is 0 Å². The summed E-state index contributed by atoms with van der Waals surface area (Å²) in [5, 5.41) is 13.4. The Morgan fingerprint density at radius 1 is 1.64 bits per heavy atom. The van der Waals surface area contributed by atoms with Crippen molar-refractivity contribution in [2.45, 2.75) is 25.0 Å². The lowest BCUT2D eigenvalue weighted by Gasteiger charge is -2.32. The van der Waals surface area contributed by atoms with Crippen LogP contribution in [0.3, 0.4) is 0 Å². The highest BCUT2D eigenvalue weighted by molar-refractivity contribution is 9.10. The van der Waals surface area contributed by atoms with E-state index in [0.29, 0.717) is 0 Å². The van der Waals surface area contributed by atoms with Crippen molar-refractivity contribution in [2.24, 2.45) is 0 Å². The molecule has 1 aromatic heterocycles. The van der Waals surface area contributed by atoms with Crippen molar-refractivity contribution < 1.29 is 5.11 Å². The maximum absolute atomic E-state index is 9.29. The first-order valence-electron chi connectivity index (χ1n) is 3.65. The fourth-order valence-electron chi connectivity index (χ4n) is 1.27. The summed E-state index contributed by atoms with van der Waals surface area (Å²) < 4.78 is 2.79. The van der Waals surface area contributed by atoms with E-state index in [1.54, 1.807) is 6.20 Å². The Bertz CT molecular complexity index is 261. The highest BCUT2D eigenvalue weighted by atomic mass is 79.9. The summed E-state index contributed by atoms with van der Waals surface area (Å²) in [5.41, 5.74) is 0. The number of aliphatic hydroxyl groups excluding tert-OH is 1. The average molecular weight is 217 g/mol. The third-order valence-electron chi connectivity index (χ3n) is 2.11. The minimum Gasteiger partial charge on any atom is -0.391 e. The van der Waals surface area contributed by atoms with E-state index in [4.69, 9.17) is 0 Å². The number of nitrogens with zero attached hydrogens (tertiary/aromatic N) is 2. The molecule has 0 aliphatic heterocycles. The van der Waals surface area contributed by atoms with Crippen molar-refractivity contribution >= 4 is 15.9 Å². The molecular formula is C7H9BrN2O. The molecule has 3 nitrogen and oxygen atoms in total.